The number of aliphatic carboxylic acids is 2. The normalized spacial score (nSPS) is 24.4. The summed E-state index contributed by atoms with van der Waals surface area (Å²) in [6.45, 7) is 3.64. The third kappa shape index (κ3) is 2.40. The molecule has 2 N–H and O–H groups in total. The number of carbonyl (C=O) groups is 3. The summed E-state index contributed by atoms with van der Waals surface area (Å²) in [5, 5.41) is 17.8. The van der Waals surface area contributed by atoms with Crippen molar-refractivity contribution >= 4 is 17.7 Å². The summed E-state index contributed by atoms with van der Waals surface area (Å²) in [5.74, 6) is -4.87. The maximum Gasteiger partial charge on any atom is 0.318 e. The fourth-order valence-electron chi connectivity index (χ4n) is 2.29. The molecule has 0 saturated heterocycles. The lowest BCUT2D eigenvalue weighted by Crippen LogP contribution is -2.43. The fraction of sp³-hybridized carbons (Fsp3) is 0.727. The van der Waals surface area contributed by atoms with Crippen LogP contribution in [0.2, 0.25) is 0 Å². The molecule has 0 aromatic heterocycles. The van der Waals surface area contributed by atoms with E-state index in [0.29, 0.717) is 12.8 Å². The van der Waals surface area contributed by atoms with Crippen LogP contribution in [-0.2, 0) is 14.4 Å². The highest BCUT2D eigenvalue weighted by Crippen LogP contribution is 2.43. The highest BCUT2D eigenvalue weighted by molar-refractivity contribution is 5.94. The highest BCUT2D eigenvalue weighted by atomic mass is 16.4. The summed E-state index contributed by atoms with van der Waals surface area (Å²) in [4.78, 5) is 33.2. The summed E-state index contributed by atoms with van der Waals surface area (Å²) in [5.41, 5.74) is -0.421. The molecule has 16 heavy (non-hydrogen) atoms. The lowest BCUT2D eigenvalue weighted by Gasteiger charge is -2.39. The van der Waals surface area contributed by atoms with Crippen molar-refractivity contribution < 1.29 is 24.6 Å². The highest BCUT2D eigenvalue weighted by Gasteiger charge is 2.46. The molecule has 1 aliphatic rings. The predicted molar refractivity (Wildman–Crippen MR) is 54.9 cm³/mol. The number of carboxylic acids is 2. The molecule has 0 unspecified atom stereocenters. The van der Waals surface area contributed by atoms with Gasteiger partial charge in [-0.05, 0) is 17.8 Å². The molecule has 5 heteroatoms. The van der Waals surface area contributed by atoms with E-state index in [1.54, 1.807) is 0 Å². The number of rotatable bonds is 3. The van der Waals surface area contributed by atoms with Gasteiger partial charge in [0.25, 0.3) is 0 Å². The lowest BCUT2D eigenvalue weighted by molar-refractivity contribution is -0.161. The average Bonchev–Trinajstić information content (AvgIpc) is 2.10. The first-order chi connectivity index (χ1) is 7.25. The minimum atomic E-state index is -1.49. The molecule has 0 radical (unpaired) electrons. The van der Waals surface area contributed by atoms with Gasteiger partial charge in [-0.2, -0.15) is 0 Å². The van der Waals surface area contributed by atoms with Crippen LogP contribution >= 0.6 is 0 Å². The maximum atomic E-state index is 11.3. The molecular formula is C11H16O5. The predicted octanol–water partition coefficient (Wildman–Crippen LogP) is 1.17. The van der Waals surface area contributed by atoms with Crippen molar-refractivity contribution in [2.75, 3.05) is 0 Å². The zero-order valence-corrected chi connectivity index (χ0v) is 9.40. The number of hydrogen-bond acceptors (Lipinski definition) is 3. The Morgan fingerprint density at radius 3 is 2.25 bits per heavy atom. The van der Waals surface area contributed by atoms with Crippen molar-refractivity contribution in [1.82, 2.24) is 0 Å². The van der Waals surface area contributed by atoms with E-state index in [4.69, 9.17) is 10.2 Å². The van der Waals surface area contributed by atoms with Gasteiger partial charge in [0.2, 0.25) is 0 Å². The Labute approximate surface area is 93.5 Å². The van der Waals surface area contributed by atoms with E-state index in [0.717, 1.165) is 0 Å². The van der Waals surface area contributed by atoms with Gasteiger partial charge in [0.1, 0.15) is 5.78 Å². The molecule has 0 aromatic rings. The minimum absolute atomic E-state index is 0.0446. The Balaban J connectivity index is 3.01. The van der Waals surface area contributed by atoms with Crippen molar-refractivity contribution in [1.29, 1.82) is 0 Å². The number of ketones is 1. The van der Waals surface area contributed by atoms with Gasteiger partial charge in [-0.1, -0.05) is 13.8 Å². The van der Waals surface area contributed by atoms with E-state index >= 15 is 0 Å². The molecule has 1 atom stereocenters. The van der Waals surface area contributed by atoms with Crippen LogP contribution in [0.15, 0.2) is 0 Å². The van der Waals surface area contributed by atoms with Gasteiger partial charge in [-0.25, -0.2) is 0 Å². The zero-order valence-electron chi connectivity index (χ0n) is 9.40. The Hall–Kier alpha value is -1.39. The molecule has 0 heterocycles. The molecule has 1 fully saturated rings. The summed E-state index contributed by atoms with van der Waals surface area (Å²) < 4.78 is 0. The van der Waals surface area contributed by atoms with Crippen LogP contribution in [-0.4, -0.2) is 27.9 Å². The van der Waals surface area contributed by atoms with E-state index in [2.05, 4.69) is 0 Å². The molecule has 1 aliphatic carbocycles. The SMILES string of the molecule is CC1(C)CCC(=O)C[C@H]1C(C(=O)O)C(=O)O. The van der Waals surface area contributed by atoms with E-state index < -0.39 is 29.2 Å². The van der Waals surface area contributed by atoms with E-state index in [1.165, 1.54) is 0 Å². The summed E-state index contributed by atoms with van der Waals surface area (Å²) in [7, 11) is 0. The Morgan fingerprint density at radius 1 is 1.31 bits per heavy atom. The molecule has 1 saturated carbocycles. The first-order valence-electron chi connectivity index (χ1n) is 5.23. The van der Waals surface area contributed by atoms with Crippen LogP contribution in [0, 0.1) is 17.3 Å². The monoisotopic (exact) mass is 228 g/mol. The molecule has 0 spiro atoms. The smallest absolute Gasteiger partial charge is 0.318 e. The van der Waals surface area contributed by atoms with Gasteiger partial charge in [0, 0.05) is 12.8 Å². The first-order valence-corrected chi connectivity index (χ1v) is 5.23. The van der Waals surface area contributed by atoms with Gasteiger partial charge in [-0.15, -0.1) is 0 Å². The van der Waals surface area contributed by atoms with Crippen LogP contribution in [0.25, 0.3) is 0 Å². The van der Waals surface area contributed by atoms with Crippen molar-refractivity contribution in [2.24, 2.45) is 17.3 Å². The number of carbonyl (C=O) groups excluding carboxylic acids is 1. The molecule has 1 rings (SSSR count). The van der Waals surface area contributed by atoms with Crippen molar-refractivity contribution in [2.45, 2.75) is 33.1 Å². The number of hydrogen-bond donors (Lipinski definition) is 2. The van der Waals surface area contributed by atoms with Gasteiger partial charge in [0.15, 0.2) is 5.92 Å². The topological polar surface area (TPSA) is 91.7 Å². The van der Waals surface area contributed by atoms with E-state index in [9.17, 15) is 14.4 Å². The van der Waals surface area contributed by atoms with Crippen LogP contribution in [0.4, 0.5) is 0 Å². The second kappa shape index (κ2) is 4.23. The van der Waals surface area contributed by atoms with Gasteiger partial charge in [-0.3, -0.25) is 14.4 Å². The molecule has 0 aromatic carbocycles. The van der Waals surface area contributed by atoms with E-state index in [1.807, 2.05) is 13.8 Å². The maximum absolute atomic E-state index is 11.3. The van der Waals surface area contributed by atoms with Crippen LogP contribution in [0.1, 0.15) is 33.1 Å². The summed E-state index contributed by atoms with van der Waals surface area (Å²) in [6.07, 6.45) is 1.01. The third-order valence-corrected chi connectivity index (χ3v) is 3.43. The Kier molecular flexibility index (Phi) is 3.35. The van der Waals surface area contributed by atoms with Crippen LogP contribution in [0.3, 0.4) is 0 Å². The second-order valence-corrected chi connectivity index (χ2v) is 4.99. The Bertz CT molecular complexity index is 317. The largest absolute Gasteiger partial charge is 0.481 e. The molecule has 90 valence electrons. The quantitative estimate of drug-likeness (QED) is 0.707. The fourth-order valence-corrected chi connectivity index (χ4v) is 2.29. The Morgan fingerprint density at radius 2 is 1.81 bits per heavy atom. The number of Topliss-reactive ketones (excluding diaryl/α,β-unsaturated/α-hetero) is 1. The van der Waals surface area contributed by atoms with Crippen LogP contribution in [0.5, 0.6) is 0 Å². The van der Waals surface area contributed by atoms with Crippen molar-refractivity contribution in [3.8, 4) is 0 Å². The van der Waals surface area contributed by atoms with Gasteiger partial charge < -0.3 is 10.2 Å². The second-order valence-electron chi connectivity index (χ2n) is 4.99. The summed E-state index contributed by atoms with van der Waals surface area (Å²) >= 11 is 0. The van der Waals surface area contributed by atoms with Gasteiger partial charge >= 0.3 is 11.9 Å². The molecule has 0 aliphatic heterocycles. The molecule has 0 bridgehead atoms. The molecule has 0 amide bonds. The van der Waals surface area contributed by atoms with E-state index in [-0.39, 0.29) is 12.2 Å². The summed E-state index contributed by atoms with van der Waals surface area (Å²) in [6, 6.07) is 0. The van der Waals surface area contributed by atoms with Crippen molar-refractivity contribution in [3.63, 3.8) is 0 Å². The molecule has 5 nitrogen and oxygen atoms in total. The lowest BCUT2D eigenvalue weighted by atomic mass is 9.63. The zero-order chi connectivity index (χ0) is 12.5. The van der Waals surface area contributed by atoms with Gasteiger partial charge in [0.05, 0.1) is 0 Å². The molecular weight excluding hydrogens is 212 g/mol. The average molecular weight is 228 g/mol. The van der Waals surface area contributed by atoms with Crippen molar-refractivity contribution in [3.05, 3.63) is 0 Å². The minimum Gasteiger partial charge on any atom is -0.481 e. The third-order valence-electron chi connectivity index (χ3n) is 3.43. The standard InChI is InChI=1S/C11H16O5/c1-11(2)4-3-6(12)5-7(11)8(9(13)14)10(15)16/h7-8H,3-5H2,1-2H3,(H,13,14)(H,15,16)/t7-/m0/s1. The number of carboxylic acid groups (broad SMARTS) is 2. The van der Waals surface area contributed by atoms with Crippen LogP contribution < -0.4 is 0 Å². The first kappa shape index (κ1) is 12.7.